The molecule has 266 valence electrons. The SMILES string of the molecule is CC1C=CC=C(C2N=C(C3=CC(C)CC(n4c5c(c6cc(-c7ccccc7)ccc64)C=C(c4ccccc4)CC5C)=C3)NC(C3=CCCC=C3)N2C)C1. The molecule has 0 saturated heterocycles. The maximum atomic E-state index is 5.54. The maximum Gasteiger partial charge on any atom is 0.131 e. The standard InChI is InChI=1S/C49H50N4/c1-32-15-14-22-39(25-32)49-51-47(50-48(52(49)4)37-20-12-7-13-21-37)41-26-33(2)27-42(29-41)53-45-24-23-38(35-16-8-5-9-17-35)30-43(45)44-31-40(28-34(3)46(44)53)36-18-10-6-11-19-36/h5-6,8-12,14-24,26,29-34,48-49H,7,13,25,27-28H2,1-4H3,(H,50,51). The number of allylic oxidation sites excluding steroid dienone is 8. The topological polar surface area (TPSA) is 32.6 Å². The highest BCUT2D eigenvalue weighted by molar-refractivity contribution is 6.05. The van der Waals surface area contributed by atoms with E-state index in [0.717, 1.165) is 37.9 Å². The number of hydrogen-bond acceptors (Lipinski definition) is 3. The van der Waals surface area contributed by atoms with E-state index in [2.05, 4.69) is 176 Å². The molecule has 4 nitrogen and oxygen atoms in total. The van der Waals surface area contributed by atoms with Crippen LogP contribution in [0.25, 0.3) is 39.4 Å². The van der Waals surface area contributed by atoms with Crippen molar-refractivity contribution < 1.29 is 0 Å². The van der Waals surface area contributed by atoms with Crippen LogP contribution in [0, 0.1) is 11.8 Å². The lowest BCUT2D eigenvalue weighted by atomic mass is 9.84. The van der Waals surface area contributed by atoms with Gasteiger partial charge in [-0.25, -0.2) is 4.99 Å². The van der Waals surface area contributed by atoms with Gasteiger partial charge < -0.3 is 9.88 Å². The molecule has 5 atom stereocenters. The van der Waals surface area contributed by atoms with E-state index in [-0.39, 0.29) is 12.3 Å². The van der Waals surface area contributed by atoms with Crippen LogP contribution >= 0.6 is 0 Å². The first-order chi connectivity index (χ1) is 25.9. The first-order valence-corrected chi connectivity index (χ1v) is 19.6. The number of amidine groups is 1. The molecule has 0 fully saturated rings. The van der Waals surface area contributed by atoms with E-state index >= 15 is 0 Å². The molecule has 0 saturated carbocycles. The number of nitrogens with one attached hydrogen (secondary N) is 1. The van der Waals surface area contributed by atoms with Gasteiger partial charge in [-0.3, -0.25) is 4.90 Å². The van der Waals surface area contributed by atoms with Crippen LogP contribution in [-0.2, 0) is 0 Å². The minimum Gasteiger partial charge on any atom is -0.350 e. The van der Waals surface area contributed by atoms with Crippen molar-refractivity contribution in [3.63, 3.8) is 0 Å². The summed E-state index contributed by atoms with van der Waals surface area (Å²) in [5.41, 5.74) is 14.6. The zero-order valence-electron chi connectivity index (χ0n) is 31.5. The number of hydrogen-bond donors (Lipinski definition) is 1. The van der Waals surface area contributed by atoms with Crippen molar-refractivity contribution >= 4 is 34.1 Å². The highest BCUT2D eigenvalue weighted by Crippen LogP contribution is 2.46. The van der Waals surface area contributed by atoms with Gasteiger partial charge in [0, 0.05) is 33.8 Å². The predicted molar refractivity (Wildman–Crippen MR) is 224 cm³/mol. The van der Waals surface area contributed by atoms with Crippen molar-refractivity contribution in [1.29, 1.82) is 0 Å². The van der Waals surface area contributed by atoms with Crippen LogP contribution < -0.4 is 5.32 Å². The molecule has 5 aliphatic rings. The predicted octanol–water partition coefficient (Wildman–Crippen LogP) is 11.5. The molecule has 4 heteroatoms. The van der Waals surface area contributed by atoms with Gasteiger partial charge >= 0.3 is 0 Å². The highest BCUT2D eigenvalue weighted by atomic mass is 15.4. The van der Waals surface area contributed by atoms with Crippen LogP contribution in [0.4, 0.5) is 0 Å². The number of aliphatic imine (C=N–C) groups is 1. The summed E-state index contributed by atoms with van der Waals surface area (Å²) in [6.07, 6.45) is 26.5. The second-order valence-corrected chi connectivity index (χ2v) is 15.9. The number of likely N-dealkylation sites (N-methyl/N-ethyl adjacent to an activating group) is 1. The summed E-state index contributed by atoms with van der Waals surface area (Å²) in [5, 5.41) is 5.27. The van der Waals surface area contributed by atoms with Crippen molar-refractivity contribution in [2.24, 2.45) is 16.8 Å². The summed E-state index contributed by atoms with van der Waals surface area (Å²) < 4.78 is 2.62. The van der Waals surface area contributed by atoms with Gasteiger partial charge in [0.25, 0.3) is 0 Å². The lowest BCUT2D eigenvalue weighted by molar-refractivity contribution is 0.195. The quantitative estimate of drug-likeness (QED) is 0.218. The molecular weight excluding hydrogens is 645 g/mol. The highest BCUT2D eigenvalue weighted by Gasteiger charge is 2.35. The number of rotatable bonds is 6. The molecule has 53 heavy (non-hydrogen) atoms. The Morgan fingerprint density at radius 2 is 1.58 bits per heavy atom. The summed E-state index contributed by atoms with van der Waals surface area (Å²) >= 11 is 0. The summed E-state index contributed by atoms with van der Waals surface area (Å²) in [4.78, 5) is 7.97. The van der Waals surface area contributed by atoms with Crippen molar-refractivity contribution in [2.75, 3.05) is 7.05 Å². The number of nitrogens with zero attached hydrogens (tertiary/aromatic N) is 3. The van der Waals surface area contributed by atoms with Gasteiger partial charge in [0.15, 0.2) is 0 Å². The first kappa shape index (κ1) is 33.6. The van der Waals surface area contributed by atoms with Crippen molar-refractivity contribution in [3.8, 4) is 11.1 Å². The Hall–Kier alpha value is -5.19. The molecule has 0 amide bonds. The Bertz CT molecular complexity index is 2310. The number of fused-ring (bicyclic) bond motifs is 3. The average Bonchev–Trinajstić information content (AvgIpc) is 3.53. The second kappa shape index (κ2) is 14.0. The normalized spacial score (nSPS) is 25.8. The first-order valence-electron chi connectivity index (χ1n) is 19.6. The van der Waals surface area contributed by atoms with Crippen LogP contribution in [0.5, 0.6) is 0 Å². The van der Waals surface area contributed by atoms with Gasteiger partial charge in [-0.15, -0.1) is 0 Å². The third kappa shape index (κ3) is 6.33. The Kier molecular flexibility index (Phi) is 8.87. The molecule has 0 radical (unpaired) electrons. The molecule has 9 rings (SSSR count). The molecule has 0 bridgehead atoms. The van der Waals surface area contributed by atoms with E-state index in [1.165, 1.54) is 66.8 Å². The van der Waals surface area contributed by atoms with E-state index in [4.69, 9.17) is 4.99 Å². The van der Waals surface area contributed by atoms with Gasteiger partial charge in [-0.05, 0) is 109 Å². The van der Waals surface area contributed by atoms with Gasteiger partial charge in [0.1, 0.15) is 18.2 Å². The van der Waals surface area contributed by atoms with Crippen LogP contribution in [0.15, 0.2) is 149 Å². The fraction of sp³-hybridized carbons (Fsp3) is 0.286. The minimum absolute atomic E-state index is 0.0204. The summed E-state index contributed by atoms with van der Waals surface area (Å²) in [6, 6.07) is 28.9. The molecule has 1 N–H and O–H groups in total. The fourth-order valence-electron chi connectivity index (χ4n) is 9.24. The molecule has 4 aliphatic carbocycles. The third-order valence-electron chi connectivity index (χ3n) is 11.8. The minimum atomic E-state index is -0.0204. The van der Waals surface area contributed by atoms with Crippen molar-refractivity contribution in [2.45, 2.75) is 71.1 Å². The number of benzene rings is 3. The van der Waals surface area contributed by atoms with E-state index in [1.807, 2.05) is 0 Å². The maximum absolute atomic E-state index is 5.54. The van der Waals surface area contributed by atoms with E-state index in [1.54, 1.807) is 0 Å². The molecule has 2 heterocycles. The lowest BCUT2D eigenvalue weighted by Crippen LogP contribution is -2.56. The monoisotopic (exact) mass is 694 g/mol. The van der Waals surface area contributed by atoms with Gasteiger partial charge in [0.2, 0.25) is 0 Å². The fourth-order valence-corrected chi connectivity index (χ4v) is 9.24. The van der Waals surface area contributed by atoms with Gasteiger partial charge in [0.05, 0.1) is 5.52 Å². The summed E-state index contributed by atoms with van der Waals surface area (Å²) in [6.45, 7) is 7.09. The van der Waals surface area contributed by atoms with Crippen LogP contribution in [-0.4, -0.2) is 34.7 Å². The number of aromatic nitrogens is 1. The van der Waals surface area contributed by atoms with Crippen LogP contribution in [0.2, 0.25) is 0 Å². The molecule has 5 unspecified atom stereocenters. The largest absolute Gasteiger partial charge is 0.350 e. The van der Waals surface area contributed by atoms with Crippen LogP contribution in [0.3, 0.4) is 0 Å². The molecular formula is C49H50N4. The Morgan fingerprint density at radius 3 is 2.34 bits per heavy atom. The summed E-state index contributed by atoms with van der Waals surface area (Å²) in [7, 11) is 2.23. The second-order valence-electron chi connectivity index (χ2n) is 15.9. The Labute approximate surface area is 315 Å². The van der Waals surface area contributed by atoms with Gasteiger partial charge in [-0.2, -0.15) is 0 Å². The Morgan fingerprint density at radius 1 is 0.792 bits per heavy atom. The van der Waals surface area contributed by atoms with E-state index in [9.17, 15) is 0 Å². The Balaban J connectivity index is 1.19. The molecule has 3 aromatic carbocycles. The zero-order chi connectivity index (χ0) is 36.1. The smallest absolute Gasteiger partial charge is 0.131 e. The van der Waals surface area contributed by atoms with Crippen molar-refractivity contribution in [1.82, 2.24) is 14.8 Å². The summed E-state index contributed by atoms with van der Waals surface area (Å²) in [5.74, 6) is 2.23. The third-order valence-corrected chi connectivity index (χ3v) is 11.8. The van der Waals surface area contributed by atoms with E-state index < -0.39 is 0 Å². The molecule has 1 aliphatic heterocycles. The lowest BCUT2D eigenvalue weighted by Gasteiger charge is -2.42. The van der Waals surface area contributed by atoms with Crippen molar-refractivity contribution in [3.05, 3.63) is 161 Å². The zero-order valence-corrected chi connectivity index (χ0v) is 31.5. The molecule has 1 aromatic heterocycles. The van der Waals surface area contributed by atoms with Crippen LogP contribution in [0.1, 0.15) is 75.6 Å². The average molecular weight is 695 g/mol. The van der Waals surface area contributed by atoms with Gasteiger partial charge in [-0.1, -0.05) is 130 Å². The molecule has 4 aromatic rings. The molecule has 0 spiro atoms. The van der Waals surface area contributed by atoms with E-state index in [0.29, 0.717) is 17.8 Å².